The lowest BCUT2D eigenvalue weighted by Crippen LogP contribution is -2.10. The van der Waals surface area contributed by atoms with Crippen LogP contribution in [0.1, 0.15) is 69.4 Å². The molecule has 0 atom stereocenters. The Morgan fingerprint density at radius 1 is 0.250 bits per heavy atom. The fourth-order valence-electron chi connectivity index (χ4n) is 9.13. The topological polar surface area (TPSA) is 55.4 Å². The number of ether oxygens (including phenoxy) is 6. The molecule has 0 unspecified atom stereocenters. The van der Waals surface area contributed by atoms with Gasteiger partial charge in [0.1, 0.15) is 84.1 Å². The zero-order valence-corrected chi connectivity index (χ0v) is 48.5. The summed E-state index contributed by atoms with van der Waals surface area (Å²) in [6, 6.07) is 67.8. The summed E-state index contributed by atoms with van der Waals surface area (Å²) in [6.45, 7) is 19.1. The fraction of sp³-hybridized carbons (Fsp3) is 0.155. The standard InChI is InChI=1S/C71H61Cl3O6/c1-44-35-61(75-55-13-11-10-12-14-55)67(72)62(36-44)76-56-25-15-47(16-26-56)50-41-51(48-17-27-57(28-18-48)77-63-37-45(2)39-65(68(63)73)79-59-31-21-53(22-32-59)70(4,5)6)43-52(42-50)49-19-29-58(30-20-49)78-64-38-46(3)40-66(69(64)74)80-60-33-23-54(24-34-60)71(7,8)9/h10-43H,1-9H3. The van der Waals surface area contributed by atoms with Crippen molar-refractivity contribution in [2.75, 3.05) is 0 Å². The highest BCUT2D eigenvalue weighted by Gasteiger charge is 2.19. The first-order chi connectivity index (χ1) is 38.3. The maximum absolute atomic E-state index is 6.98. The molecule has 0 aliphatic carbocycles. The summed E-state index contributed by atoms with van der Waals surface area (Å²) in [4.78, 5) is 0. The molecule has 10 aromatic carbocycles. The molecule has 0 amide bonds. The molecule has 0 radical (unpaired) electrons. The summed E-state index contributed by atoms with van der Waals surface area (Å²) in [5, 5.41) is 1.14. The first-order valence-electron chi connectivity index (χ1n) is 26.5. The first-order valence-corrected chi connectivity index (χ1v) is 27.6. The van der Waals surface area contributed by atoms with E-state index in [1.54, 1.807) is 0 Å². The van der Waals surface area contributed by atoms with Crippen LogP contribution in [0.4, 0.5) is 0 Å². The van der Waals surface area contributed by atoms with Crippen molar-refractivity contribution >= 4 is 34.8 Å². The van der Waals surface area contributed by atoms with E-state index in [2.05, 4.69) is 108 Å². The molecule has 0 aromatic heterocycles. The molecule has 0 aliphatic heterocycles. The number of hydrogen-bond donors (Lipinski definition) is 0. The van der Waals surface area contributed by atoms with Crippen molar-refractivity contribution in [2.24, 2.45) is 0 Å². The molecular weight excluding hydrogens is 1060 g/mol. The van der Waals surface area contributed by atoms with E-state index in [1.807, 2.05) is 160 Å². The van der Waals surface area contributed by atoms with Crippen molar-refractivity contribution in [2.45, 2.75) is 73.1 Å². The van der Waals surface area contributed by atoms with Crippen LogP contribution in [0.15, 0.2) is 206 Å². The molecule has 0 saturated carbocycles. The van der Waals surface area contributed by atoms with Crippen LogP contribution < -0.4 is 28.4 Å². The Kier molecular flexibility index (Phi) is 16.1. The van der Waals surface area contributed by atoms with Gasteiger partial charge in [-0.2, -0.15) is 0 Å². The molecule has 0 N–H and O–H groups in total. The van der Waals surface area contributed by atoms with Gasteiger partial charge in [-0.15, -0.1) is 0 Å². The minimum Gasteiger partial charge on any atom is -0.456 e. The van der Waals surface area contributed by atoms with Crippen LogP contribution >= 0.6 is 34.8 Å². The number of para-hydroxylation sites is 1. The molecular formula is C71H61Cl3O6. The lowest BCUT2D eigenvalue weighted by atomic mass is 9.87. The van der Waals surface area contributed by atoms with Gasteiger partial charge in [-0.1, -0.05) is 155 Å². The monoisotopic (exact) mass is 1110 g/mol. The molecule has 10 aromatic rings. The average molecular weight is 1120 g/mol. The first kappa shape index (κ1) is 55.2. The second-order valence-corrected chi connectivity index (χ2v) is 23.2. The van der Waals surface area contributed by atoms with Gasteiger partial charge in [0, 0.05) is 0 Å². The highest BCUT2D eigenvalue weighted by molar-refractivity contribution is 6.34. The van der Waals surface area contributed by atoms with Crippen LogP contribution in [0.2, 0.25) is 15.1 Å². The average Bonchev–Trinajstić information content (AvgIpc) is 3.47. The van der Waals surface area contributed by atoms with E-state index in [9.17, 15) is 0 Å². The Morgan fingerprint density at radius 2 is 0.463 bits per heavy atom. The van der Waals surface area contributed by atoms with E-state index < -0.39 is 0 Å². The zero-order valence-electron chi connectivity index (χ0n) is 46.2. The summed E-state index contributed by atoms with van der Waals surface area (Å²) in [5.41, 5.74) is 11.3. The maximum atomic E-state index is 6.98. The third-order valence-corrected chi connectivity index (χ3v) is 14.6. The highest BCUT2D eigenvalue weighted by atomic mass is 35.5. The van der Waals surface area contributed by atoms with Gasteiger partial charge in [0.25, 0.3) is 0 Å². The quantitative estimate of drug-likeness (QED) is 0.102. The van der Waals surface area contributed by atoms with Gasteiger partial charge in [-0.25, -0.2) is 0 Å². The Balaban J connectivity index is 0.927. The molecule has 0 fully saturated rings. The normalized spacial score (nSPS) is 11.5. The lowest BCUT2D eigenvalue weighted by molar-refractivity contribution is 0.459. The molecule has 9 heteroatoms. The van der Waals surface area contributed by atoms with Gasteiger partial charge in [0.15, 0.2) is 0 Å². The van der Waals surface area contributed by atoms with Crippen LogP contribution in [0.3, 0.4) is 0 Å². The zero-order chi connectivity index (χ0) is 56.3. The Labute approximate surface area is 485 Å². The smallest absolute Gasteiger partial charge is 0.150 e. The number of halogens is 3. The number of benzene rings is 10. The van der Waals surface area contributed by atoms with Gasteiger partial charge in [-0.05, 0) is 220 Å². The fourth-order valence-corrected chi connectivity index (χ4v) is 9.68. The van der Waals surface area contributed by atoms with E-state index in [-0.39, 0.29) is 10.8 Å². The molecule has 0 saturated heterocycles. The summed E-state index contributed by atoms with van der Waals surface area (Å²) in [6.07, 6.45) is 0. The second-order valence-electron chi connectivity index (χ2n) is 22.1. The summed E-state index contributed by atoms with van der Waals surface area (Å²) >= 11 is 20.9. The molecule has 0 heterocycles. The van der Waals surface area contributed by atoms with Gasteiger partial charge >= 0.3 is 0 Å². The van der Waals surface area contributed by atoms with E-state index in [0.717, 1.165) is 50.1 Å². The van der Waals surface area contributed by atoms with Crippen molar-refractivity contribution < 1.29 is 28.4 Å². The number of aryl methyl sites for hydroxylation is 3. The van der Waals surface area contributed by atoms with Crippen molar-refractivity contribution in [3.63, 3.8) is 0 Å². The van der Waals surface area contributed by atoms with Gasteiger partial charge in [-0.3, -0.25) is 0 Å². The molecule has 10 rings (SSSR count). The van der Waals surface area contributed by atoms with Crippen molar-refractivity contribution in [1.29, 1.82) is 0 Å². The molecule has 6 nitrogen and oxygen atoms in total. The summed E-state index contributed by atoms with van der Waals surface area (Å²) in [7, 11) is 0. The SMILES string of the molecule is Cc1cc(Oc2ccccc2)c(Cl)c(Oc2ccc(-c3cc(-c4ccc(Oc5cc(C)cc(Oc6ccc(C(C)(C)C)cc6)c5Cl)cc4)cc(-c4ccc(Oc5cc(C)cc(Oc6ccc(C(C)(C)C)cc6)c5Cl)cc4)c3)cc2)c1. The maximum Gasteiger partial charge on any atom is 0.150 e. The second kappa shape index (κ2) is 23.3. The predicted molar refractivity (Wildman–Crippen MR) is 328 cm³/mol. The largest absolute Gasteiger partial charge is 0.456 e. The minimum atomic E-state index is 0.0260. The predicted octanol–water partition coefficient (Wildman–Crippen LogP) is 22.9. The van der Waals surface area contributed by atoms with E-state index in [0.29, 0.717) is 84.1 Å². The van der Waals surface area contributed by atoms with Crippen LogP contribution in [0, 0.1) is 20.8 Å². The van der Waals surface area contributed by atoms with Crippen molar-refractivity contribution in [3.05, 3.63) is 249 Å². The minimum absolute atomic E-state index is 0.0260. The van der Waals surface area contributed by atoms with Crippen molar-refractivity contribution in [3.8, 4) is 102 Å². The number of hydrogen-bond acceptors (Lipinski definition) is 6. The summed E-state index contributed by atoms with van der Waals surface area (Å²) in [5.74, 6) is 6.97. The van der Waals surface area contributed by atoms with Gasteiger partial charge < -0.3 is 28.4 Å². The van der Waals surface area contributed by atoms with Crippen LogP contribution in [0.25, 0.3) is 33.4 Å². The van der Waals surface area contributed by atoms with Crippen LogP contribution in [0.5, 0.6) is 69.0 Å². The van der Waals surface area contributed by atoms with Gasteiger partial charge in [0.2, 0.25) is 0 Å². The Morgan fingerprint density at radius 3 is 0.688 bits per heavy atom. The third-order valence-electron chi connectivity index (χ3n) is 13.5. The number of rotatable bonds is 15. The van der Waals surface area contributed by atoms with Crippen molar-refractivity contribution in [1.82, 2.24) is 0 Å². The van der Waals surface area contributed by atoms with Gasteiger partial charge in [0.05, 0.1) is 0 Å². The summed E-state index contributed by atoms with van der Waals surface area (Å²) < 4.78 is 38.1. The molecule has 402 valence electrons. The van der Waals surface area contributed by atoms with Crippen LogP contribution in [-0.2, 0) is 10.8 Å². The Bertz CT molecular complexity index is 3630. The van der Waals surface area contributed by atoms with E-state index in [1.165, 1.54) is 11.1 Å². The molecule has 0 spiro atoms. The highest BCUT2D eigenvalue weighted by Crippen LogP contribution is 2.45. The molecule has 0 bridgehead atoms. The van der Waals surface area contributed by atoms with E-state index >= 15 is 0 Å². The molecule has 80 heavy (non-hydrogen) atoms. The Hall–Kier alpha value is -8.13. The van der Waals surface area contributed by atoms with E-state index in [4.69, 9.17) is 63.2 Å². The lowest BCUT2D eigenvalue weighted by Gasteiger charge is -2.19. The third kappa shape index (κ3) is 13.3. The molecule has 0 aliphatic rings. The van der Waals surface area contributed by atoms with Crippen LogP contribution in [-0.4, -0.2) is 0 Å².